The van der Waals surface area contributed by atoms with Crippen molar-refractivity contribution in [3.8, 4) is 0 Å². The molecule has 18 heavy (non-hydrogen) atoms. The van der Waals surface area contributed by atoms with Crippen LogP contribution in [0.4, 0.5) is 0 Å². The largest absolute Gasteiger partial charge is 0.381 e. The summed E-state index contributed by atoms with van der Waals surface area (Å²) in [6.07, 6.45) is 0.958. The van der Waals surface area contributed by atoms with Crippen LogP contribution in [0.2, 0.25) is 0 Å². The molecule has 0 fully saturated rings. The van der Waals surface area contributed by atoms with Gasteiger partial charge in [0.05, 0.1) is 12.4 Å². The van der Waals surface area contributed by atoms with Crippen LogP contribution in [0.1, 0.15) is 48.0 Å². The van der Waals surface area contributed by atoms with Crippen molar-refractivity contribution in [1.82, 2.24) is 0 Å². The van der Waals surface area contributed by atoms with Gasteiger partial charge in [-0.05, 0) is 17.3 Å². The Morgan fingerprint density at radius 1 is 1.11 bits per heavy atom. The van der Waals surface area contributed by atoms with E-state index in [0.29, 0.717) is 13.2 Å². The molecule has 110 valence electrons. The Morgan fingerprint density at radius 2 is 1.61 bits per heavy atom. The summed E-state index contributed by atoms with van der Waals surface area (Å²) in [6, 6.07) is 0. The maximum atomic E-state index is 11.2. The maximum Gasteiger partial charge on any atom is 0.209 e. The number of hydrogen-bond acceptors (Lipinski definition) is 3. The molecule has 1 atom stereocenters. The van der Waals surface area contributed by atoms with E-state index in [-0.39, 0.29) is 22.5 Å². The van der Waals surface area contributed by atoms with Crippen molar-refractivity contribution in [3.05, 3.63) is 0 Å². The van der Waals surface area contributed by atoms with Gasteiger partial charge in [-0.15, -0.1) is 0 Å². The maximum absolute atomic E-state index is 11.2. The number of nitrogens with two attached hydrogens (primary N) is 1. The number of hydrogen-bond donors (Lipinski definition) is 1. The first-order valence-electron chi connectivity index (χ1n) is 6.39. The second-order valence-electron chi connectivity index (χ2n) is 7.28. The van der Waals surface area contributed by atoms with E-state index in [1.54, 1.807) is 0 Å². The number of ether oxygens (including phenoxy) is 1. The zero-order valence-electron chi connectivity index (χ0n) is 12.6. The summed E-state index contributed by atoms with van der Waals surface area (Å²) in [5.41, 5.74) is 0.103. The van der Waals surface area contributed by atoms with Gasteiger partial charge in [-0.1, -0.05) is 41.5 Å². The molecule has 2 N–H and O–H groups in total. The van der Waals surface area contributed by atoms with Gasteiger partial charge < -0.3 is 4.74 Å². The van der Waals surface area contributed by atoms with E-state index in [1.165, 1.54) is 0 Å². The minimum Gasteiger partial charge on any atom is -0.381 e. The highest BCUT2D eigenvalue weighted by Crippen LogP contribution is 2.27. The fourth-order valence-electron chi connectivity index (χ4n) is 1.43. The van der Waals surface area contributed by atoms with Crippen LogP contribution in [0, 0.1) is 16.7 Å². The third-order valence-electron chi connectivity index (χ3n) is 2.97. The van der Waals surface area contributed by atoms with Crippen LogP contribution in [0.25, 0.3) is 0 Å². The summed E-state index contributed by atoms with van der Waals surface area (Å²) in [5.74, 6) is -0.0982. The zero-order chi connectivity index (χ0) is 14.6. The highest BCUT2D eigenvalue weighted by molar-refractivity contribution is 7.89. The molecule has 1 unspecified atom stereocenters. The lowest BCUT2D eigenvalue weighted by Crippen LogP contribution is -2.34. The normalized spacial score (nSPS) is 15.7. The molecule has 0 bridgehead atoms. The van der Waals surface area contributed by atoms with Crippen LogP contribution in [0.5, 0.6) is 0 Å². The molecule has 4 nitrogen and oxygen atoms in total. The molecule has 0 spiro atoms. The number of sulfonamides is 1. The lowest BCUT2D eigenvalue weighted by atomic mass is 9.82. The van der Waals surface area contributed by atoms with Gasteiger partial charge in [0, 0.05) is 12.5 Å². The van der Waals surface area contributed by atoms with E-state index < -0.39 is 10.0 Å². The third kappa shape index (κ3) is 9.85. The van der Waals surface area contributed by atoms with Gasteiger partial charge in [-0.2, -0.15) is 0 Å². The minimum atomic E-state index is -3.45. The first-order chi connectivity index (χ1) is 7.81. The van der Waals surface area contributed by atoms with Crippen LogP contribution in [0.15, 0.2) is 0 Å². The first kappa shape index (κ1) is 17.9. The third-order valence-corrected chi connectivity index (χ3v) is 3.84. The van der Waals surface area contributed by atoms with Gasteiger partial charge in [0.1, 0.15) is 0 Å². The van der Waals surface area contributed by atoms with E-state index in [1.807, 2.05) is 20.8 Å². The standard InChI is InChI=1S/C13H29NO3S/c1-12(2,3)7-8-17-9-11(13(4,5)6)10-18(14,15)16/h11H,7-10H2,1-6H3,(H2,14,15,16). The van der Waals surface area contributed by atoms with Crippen molar-refractivity contribution in [1.29, 1.82) is 0 Å². The highest BCUT2D eigenvalue weighted by atomic mass is 32.2. The summed E-state index contributed by atoms with van der Waals surface area (Å²) in [4.78, 5) is 0. The predicted molar refractivity (Wildman–Crippen MR) is 75.8 cm³/mol. The van der Waals surface area contributed by atoms with Crippen LogP contribution >= 0.6 is 0 Å². The molecule has 0 aliphatic carbocycles. The van der Waals surface area contributed by atoms with E-state index in [2.05, 4.69) is 20.8 Å². The fourth-order valence-corrected chi connectivity index (χ4v) is 2.59. The Morgan fingerprint density at radius 3 is 1.94 bits per heavy atom. The van der Waals surface area contributed by atoms with Crippen LogP contribution < -0.4 is 5.14 Å². The van der Waals surface area contributed by atoms with E-state index >= 15 is 0 Å². The van der Waals surface area contributed by atoms with Crippen molar-refractivity contribution in [3.63, 3.8) is 0 Å². The van der Waals surface area contributed by atoms with Gasteiger partial charge in [0.25, 0.3) is 0 Å². The summed E-state index contributed by atoms with van der Waals surface area (Å²) < 4.78 is 28.0. The minimum absolute atomic E-state index is 0.0218. The lowest BCUT2D eigenvalue weighted by Gasteiger charge is -2.30. The Bertz CT molecular complexity index is 336. The molecule has 0 aliphatic heterocycles. The van der Waals surface area contributed by atoms with Gasteiger partial charge in [-0.25, -0.2) is 13.6 Å². The molecule has 0 heterocycles. The summed E-state index contributed by atoms with van der Waals surface area (Å²) in [7, 11) is -3.45. The Labute approximate surface area is 112 Å². The lowest BCUT2D eigenvalue weighted by molar-refractivity contribution is 0.0517. The van der Waals surface area contributed by atoms with Crippen molar-refractivity contribution >= 4 is 10.0 Å². The average Bonchev–Trinajstić information content (AvgIpc) is 2.04. The Hall–Kier alpha value is -0.130. The summed E-state index contributed by atoms with van der Waals surface area (Å²) >= 11 is 0. The topological polar surface area (TPSA) is 69.4 Å². The van der Waals surface area contributed by atoms with Crippen molar-refractivity contribution < 1.29 is 13.2 Å². The second-order valence-corrected chi connectivity index (χ2v) is 8.94. The average molecular weight is 279 g/mol. The fraction of sp³-hybridized carbons (Fsp3) is 1.00. The molecule has 0 amide bonds. The molecule has 0 aliphatic rings. The zero-order valence-corrected chi connectivity index (χ0v) is 13.4. The van der Waals surface area contributed by atoms with Crippen molar-refractivity contribution in [2.45, 2.75) is 48.0 Å². The van der Waals surface area contributed by atoms with E-state index in [9.17, 15) is 8.42 Å². The van der Waals surface area contributed by atoms with Gasteiger partial charge in [0.15, 0.2) is 0 Å². The van der Waals surface area contributed by atoms with Crippen LogP contribution in [-0.2, 0) is 14.8 Å². The quantitative estimate of drug-likeness (QED) is 0.759. The van der Waals surface area contributed by atoms with Crippen LogP contribution in [0.3, 0.4) is 0 Å². The first-order valence-corrected chi connectivity index (χ1v) is 8.11. The predicted octanol–water partition coefficient (Wildman–Crippen LogP) is 2.39. The summed E-state index contributed by atoms with van der Waals surface area (Å²) in [5, 5.41) is 5.12. The van der Waals surface area contributed by atoms with Gasteiger partial charge >= 0.3 is 0 Å². The SMILES string of the molecule is CC(C)(C)CCOCC(CS(N)(=O)=O)C(C)(C)C. The molecule has 0 rings (SSSR count). The number of primary sulfonamides is 1. The molecular weight excluding hydrogens is 250 g/mol. The molecule has 0 aromatic heterocycles. The van der Waals surface area contributed by atoms with E-state index in [0.717, 1.165) is 6.42 Å². The van der Waals surface area contributed by atoms with Crippen molar-refractivity contribution in [2.75, 3.05) is 19.0 Å². The van der Waals surface area contributed by atoms with Gasteiger partial charge in [0.2, 0.25) is 10.0 Å². The molecular formula is C13H29NO3S. The molecule has 0 aromatic rings. The second kappa shape index (κ2) is 6.35. The monoisotopic (exact) mass is 279 g/mol. The smallest absolute Gasteiger partial charge is 0.209 e. The van der Waals surface area contributed by atoms with Gasteiger partial charge in [-0.3, -0.25) is 0 Å². The Balaban J connectivity index is 4.29. The molecule has 0 saturated carbocycles. The Kier molecular flexibility index (Phi) is 6.30. The molecule has 5 heteroatoms. The van der Waals surface area contributed by atoms with Crippen LogP contribution in [-0.4, -0.2) is 27.4 Å². The van der Waals surface area contributed by atoms with Crippen molar-refractivity contribution in [2.24, 2.45) is 21.9 Å². The molecule has 0 saturated heterocycles. The molecule has 0 aromatic carbocycles. The van der Waals surface area contributed by atoms with E-state index in [4.69, 9.17) is 9.88 Å². The number of rotatable bonds is 6. The summed E-state index contributed by atoms with van der Waals surface area (Å²) in [6.45, 7) is 13.6. The molecule has 0 radical (unpaired) electrons. The highest BCUT2D eigenvalue weighted by Gasteiger charge is 2.28.